The molecule has 54 heavy (non-hydrogen) atoms. The fraction of sp³-hybridized carbons (Fsp3) is 0.120. The van der Waals surface area contributed by atoms with E-state index in [1.807, 2.05) is 0 Å². The number of aliphatic imine (C=N–C) groups is 4. The monoisotopic (exact) mass is 696 g/mol. The molecule has 4 aromatic rings. The second-order valence-electron chi connectivity index (χ2n) is 13.8. The van der Waals surface area contributed by atoms with Gasteiger partial charge in [-0.1, -0.05) is 142 Å². The van der Waals surface area contributed by atoms with E-state index in [0.29, 0.717) is 0 Å². The molecule has 4 heteroatoms. The summed E-state index contributed by atoms with van der Waals surface area (Å²) in [6, 6.07) is 42.8. The summed E-state index contributed by atoms with van der Waals surface area (Å²) in [5, 5.41) is 0. The minimum Gasteiger partial charge on any atom is -0.249 e. The van der Waals surface area contributed by atoms with E-state index in [9.17, 15) is 0 Å². The Kier molecular flexibility index (Phi) is 8.72. The quantitative estimate of drug-likeness (QED) is 0.185. The number of hydrogen-bond acceptors (Lipinski definition) is 4. The molecule has 260 valence electrons. The Bertz CT molecular complexity index is 2580. The van der Waals surface area contributed by atoms with Crippen molar-refractivity contribution in [3.05, 3.63) is 213 Å². The second-order valence-corrected chi connectivity index (χ2v) is 13.8. The summed E-state index contributed by atoms with van der Waals surface area (Å²) in [5.74, 6) is 0. The minimum atomic E-state index is 0.793. The lowest BCUT2D eigenvalue weighted by Crippen LogP contribution is -2.07. The molecule has 0 fully saturated rings. The Labute approximate surface area is 317 Å². The normalized spacial score (nSPS) is 17.8. The van der Waals surface area contributed by atoms with Gasteiger partial charge in [-0.3, -0.25) is 0 Å². The molecule has 5 heterocycles. The summed E-state index contributed by atoms with van der Waals surface area (Å²) in [6.07, 6.45) is 13.1. The molecule has 0 saturated heterocycles. The van der Waals surface area contributed by atoms with Crippen LogP contribution < -0.4 is 0 Å². The third-order valence-corrected chi connectivity index (χ3v) is 10.5. The Hall–Kier alpha value is -6.52. The summed E-state index contributed by atoms with van der Waals surface area (Å²) in [7, 11) is 0. The first kappa shape index (κ1) is 33.3. The van der Waals surface area contributed by atoms with Crippen LogP contribution in [0.5, 0.6) is 0 Å². The third kappa shape index (κ3) is 5.81. The van der Waals surface area contributed by atoms with Gasteiger partial charge in [0.15, 0.2) is 0 Å². The number of hydrogen-bond donors (Lipinski definition) is 0. The van der Waals surface area contributed by atoms with E-state index in [0.717, 1.165) is 109 Å². The molecule has 0 unspecified atom stereocenters. The van der Waals surface area contributed by atoms with Gasteiger partial charge in [-0.05, 0) is 83.0 Å². The molecule has 0 N–H and O–H groups in total. The van der Waals surface area contributed by atoms with Crippen LogP contribution in [0.2, 0.25) is 0 Å². The molecule has 0 radical (unpaired) electrons. The van der Waals surface area contributed by atoms with Crippen LogP contribution in [0.25, 0.3) is 22.3 Å². The van der Waals surface area contributed by atoms with Gasteiger partial charge in [0, 0.05) is 27.9 Å². The molecule has 0 aromatic heterocycles. The lowest BCUT2D eigenvalue weighted by molar-refractivity contribution is 1.05. The molecule has 0 spiro atoms. The van der Waals surface area contributed by atoms with Crippen LogP contribution in [0.1, 0.15) is 62.3 Å². The fourth-order valence-electron chi connectivity index (χ4n) is 8.10. The number of rotatable bonds is 7. The predicted molar refractivity (Wildman–Crippen MR) is 227 cm³/mol. The van der Waals surface area contributed by atoms with Crippen molar-refractivity contribution < 1.29 is 0 Å². The topological polar surface area (TPSA) is 49.4 Å². The molecule has 9 rings (SSSR count). The van der Waals surface area contributed by atoms with E-state index in [4.69, 9.17) is 20.0 Å². The van der Waals surface area contributed by atoms with Crippen molar-refractivity contribution in [3.63, 3.8) is 0 Å². The van der Waals surface area contributed by atoms with Crippen LogP contribution >= 0.6 is 0 Å². The summed E-state index contributed by atoms with van der Waals surface area (Å²) in [5.41, 5.74) is 19.7. The number of allylic oxidation sites excluding steroid dienone is 12. The molecule has 0 amide bonds. The molecule has 5 aliphatic heterocycles. The average Bonchev–Trinajstić information content (AvgIpc) is 4.02. The van der Waals surface area contributed by atoms with Gasteiger partial charge in [-0.25, -0.2) is 20.0 Å². The van der Waals surface area contributed by atoms with Crippen molar-refractivity contribution >= 4 is 45.1 Å². The van der Waals surface area contributed by atoms with Crippen LogP contribution in [0, 0.1) is 0 Å². The highest BCUT2D eigenvalue weighted by molar-refractivity contribution is 6.52. The first-order valence-corrected chi connectivity index (χ1v) is 19.0. The molecular weight excluding hydrogens is 657 g/mol. The van der Waals surface area contributed by atoms with Crippen molar-refractivity contribution in [3.8, 4) is 0 Å². The highest BCUT2D eigenvalue weighted by Gasteiger charge is 2.36. The fourth-order valence-corrected chi connectivity index (χ4v) is 8.10. The van der Waals surface area contributed by atoms with Crippen molar-refractivity contribution in [1.29, 1.82) is 0 Å². The minimum absolute atomic E-state index is 0.793. The van der Waals surface area contributed by atoms with E-state index < -0.39 is 0 Å². The highest BCUT2D eigenvalue weighted by Crippen LogP contribution is 2.48. The maximum Gasteiger partial charge on any atom is 0.0822 e. The highest BCUT2D eigenvalue weighted by atomic mass is 14.9. The predicted octanol–water partition coefficient (Wildman–Crippen LogP) is 12.0. The Morgan fingerprint density at radius 1 is 0.389 bits per heavy atom. The maximum absolute atomic E-state index is 5.80. The van der Waals surface area contributed by atoms with Gasteiger partial charge < -0.3 is 0 Å². The average molecular weight is 697 g/mol. The summed E-state index contributed by atoms with van der Waals surface area (Å²) in [6.45, 7) is 6.69. The zero-order valence-corrected chi connectivity index (χ0v) is 30.8. The van der Waals surface area contributed by atoms with E-state index in [2.05, 4.69) is 172 Å². The summed E-state index contributed by atoms with van der Waals surface area (Å²) >= 11 is 0. The zero-order chi connectivity index (χ0) is 36.6. The van der Waals surface area contributed by atoms with E-state index in [1.165, 1.54) is 16.7 Å². The lowest BCUT2D eigenvalue weighted by atomic mass is 9.84. The smallest absolute Gasteiger partial charge is 0.0822 e. The maximum atomic E-state index is 5.80. The van der Waals surface area contributed by atoms with Crippen LogP contribution in [0.15, 0.2) is 211 Å². The molecule has 8 bridgehead atoms. The van der Waals surface area contributed by atoms with Gasteiger partial charge >= 0.3 is 0 Å². The third-order valence-electron chi connectivity index (χ3n) is 10.5. The van der Waals surface area contributed by atoms with E-state index in [1.54, 1.807) is 0 Å². The standard InChI is InChI=1S/C50H40N4/c1-4-32-29-39-30-37-27-28-38(51-37)31-42-44(34-21-13-8-14-22-34)45(35-23-15-9-16-24-35)50(53-42)46(36-25-17-10-18-26-36)49-43(33-19-11-7-12-20-33)40(5-2)48(54-49)41(6-3)47(32)52-39/h7-31H,4-6H2,1-3H3. The Morgan fingerprint density at radius 2 is 0.944 bits per heavy atom. The zero-order valence-electron chi connectivity index (χ0n) is 30.8. The molecule has 0 aliphatic carbocycles. The van der Waals surface area contributed by atoms with Crippen molar-refractivity contribution in [2.75, 3.05) is 0 Å². The Morgan fingerprint density at radius 3 is 1.52 bits per heavy atom. The number of benzene rings is 4. The van der Waals surface area contributed by atoms with E-state index in [-0.39, 0.29) is 0 Å². The van der Waals surface area contributed by atoms with Crippen molar-refractivity contribution in [2.45, 2.75) is 40.0 Å². The largest absolute Gasteiger partial charge is 0.249 e. The SMILES string of the molecule is CCC1=CC2=NC1=C(CC)C1=NC(=C(c3ccccc3)C3=NC(=CC4=NC(=C2)C=C4)C(c2ccccc2)=C3c2ccccc2)C(c2ccccc2)=C1CC. The van der Waals surface area contributed by atoms with Gasteiger partial charge in [0.25, 0.3) is 0 Å². The molecule has 5 aliphatic rings. The first-order valence-electron chi connectivity index (χ1n) is 19.0. The Balaban J connectivity index is 1.48. The van der Waals surface area contributed by atoms with Crippen molar-refractivity contribution in [1.82, 2.24) is 0 Å². The van der Waals surface area contributed by atoms with Gasteiger partial charge in [0.05, 0.1) is 45.6 Å². The molecule has 4 nitrogen and oxygen atoms in total. The second kappa shape index (κ2) is 14.1. The van der Waals surface area contributed by atoms with Crippen LogP contribution in [-0.4, -0.2) is 22.8 Å². The first-order chi connectivity index (χ1) is 26.6. The molecule has 4 aromatic carbocycles. The van der Waals surface area contributed by atoms with Crippen molar-refractivity contribution in [2.24, 2.45) is 20.0 Å². The summed E-state index contributed by atoms with van der Waals surface area (Å²) in [4.78, 5) is 21.9. The van der Waals surface area contributed by atoms with Gasteiger partial charge in [0.2, 0.25) is 0 Å². The van der Waals surface area contributed by atoms with Gasteiger partial charge in [-0.2, -0.15) is 0 Å². The lowest BCUT2D eigenvalue weighted by Gasteiger charge is -2.18. The number of nitrogens with zero attached hydrogens (tertiary/aromatic N) is 4. The van der Waals surface area contributed by atoms with Gasteiger partial charge in [-0.15, -0.1) is 0 Å². The molecular formula is C50H40N4. The van der Waals surface area contributed by atoms with Crippen LogP contribution in [-0.2, 0) is 0 Å². The van der Waals surface area contributed by atoms with Crippen LogP contribution in [0.3, 0.4) is 0 Å². The molecule has 0 saturated carbocycles. The van der Waals surface area contributed by atoms with Gasteiger partial charge in [0.1, 0.15) is 0 Å². The molecule has 0 atom stereocenters. The van der Waals surface area contributed by atoms with Crippen LogP contribution in [0.4, 0.5) is 0 Å². The number of fused-ring (bicyclic) bond motifs is 4. The van der Waals surface area contributed by atoms with E-state index >= 15 is 0 Å². The summed E-state index contributed by atoms with van der Waals surface area (Å²) < 4.78 is 0.